The van der Waals surface area contributed by atoms with Crippen LogP contribution in [0.1, 0.15) is 22.8 Å². The molecule has 2 amide bonds. The molecule has 0 bridgehead atoms. The average Bonchev–Trinajstić information content (AvgIpc) is 2.88. The maximum absolute atomic E-state index is 13.0. The molecule has 5 nitrogen and oxygen atoms in total. The lowest BCUT2D eigenvalue weighted by Gasteiger charge is -2.17. The molecule has 0 radical (unpaired) electrons. The summed E-state index contributed by atoms with van der Waals surface area (Å²) in [6.45, 7) is 1.85. The average molecular weight is 369 g/mol. The zero-order valence-corrected chi connectivity index (χ0v) is 15.0. The van der Waals surface area contributed by atoms with Crippen molar-refractivity contribution in [2.75, 3.05) is 10.6 Å². The van der Waals surface area contributed by atoms with Gasteiger partial charge in [-0.25, -0.2) is 0 Å². The van der Waals surface area contributed by atoms with E-state index < -0.39 is 5.91 Å². The minimum atomic E-state index is -0.610. The molecule has 2 aromatic carbocycles. The fourth-order valence-corrected chi connectivity index (χ4v) is 3.91. The molecule has 1 aliphatic rings. The first-order valence-electron chi connectivity index (χ1n) is 7.42. The molecule has 1 aliphatic heterocycles. The molecule has 1 saturated heterocycles. The van der Waals surface area contributed by atoms with E-state index in [1.807, 2.05) is 19.1 Å². The zero-order valence-electron chi connectivity index (χ0n) is 13.4. The van der Waals surface area contributed by atoms with E-state index in [1.54, 1.807) is 36.4 Å². The van der Waals surface area contributed by atoms with Crippen molar-refractivity contribution in [3.05, 3.63) is 64.6 Å². The minimum Gasteiger partial charge on any atom is -0.399 e. The summed E-state index contributed by atoms with van der Waals surface area (Å²) in [4.78, 5) is 26.5. The van der Waals surface area contributed by atoms with Gasteiger partial charge in [-0.2, -0.15) is 0 Å². The molecule has 1 heterocycles. The van der Waals surface area contributed by atoms with Crippen molar-refractivity contribution < 1.29 is 9.59 Å². The van der Waals surface area contributed by atoms with Gasteiger partial charge in [0, 0.05) is 5.69 Å². The minimum absolute atomic E-state index is 0.252. The first-order chi connectivity index (χ1) is 11.9. The van der Waals surface area contributed by atoms with Gasteiger partial charge < -0.3 is 11.5 Å². The van der Waals surface area contributed by atoms with Crippen molar-refractivity contribution in [3.63, 3.8) is 0 Å². The number of benzene rings is 2. The number of nitrogen functional groups attached to an aromatic ring is 1. The van der Waals surface area contributed by atoms with Crippen molar-refractivity contribution in [1.29, 1.82) is 0 Å². The topological polar surface area (TPSA) is 89.4 Å². The molecule has 0 saturated carbocycles. The number of primary amides is 1. The summed E-state index contributed by atoms with van der Waals surface area (Å²) in [6, 6.07) is 14.0. The Morgan fingerprint density at radius 3 is 2.56 bits per heavy atom. The highest BCUT2D eigenvalue weighted by atomic mass is 32.2. The van der Waals surface area contributed by atoms with E-state index >= 15 is 0 Å². The van der Waals surface area contributed by atoms with Crippen LogP contribution in [0.2, 0.25) is 0 Å². The summed E-state index contributed by atoms with van der Waals surface area (Å²) in [7, 11) is 0. The fraction of sp³-hybridized carbons (Fsp3) is 0.0556. The van der Waals surface area contributed by atoms with E-state index in [0.717, 1.165) is 11.1 Å². The van der Waals surface area contributed by atoms with Crippen molar-refractivity contribution in [3.8, 4) is 0 Å². The SMILES string of the molecule is C/C(=C1/SC(=S)N(c2ccccc2C(N)=O)C1=O)c1cccc(N)c1. The number of carbonyl (C=O) groups is 2. The maximum atomic E-state index is 13.0. The predicted octanol–water partition coefficient (Wildman–Crippen LogP) is 3.16. The molecular formula is C18H15N3O2S2. The van der Waals surface area contributed by atoms with Crippen LogP contribution in [0.15, 0.2) is 53.4 Å². The number of para-hydroxylation sites is 1. The summed E-state index contributed by atoms with van der Waals surface area (Å²) in [5.74, 6) is -0.884. The second-order valence-electron chi connectivity index (χ2n) is 5.47. The van der Waals surface area contributed by atoms with Crippen molar-refractivity contribution >= 4 is 57.1 Å². The smallest absolute Gasteiger partial charge is 0.271 e. The largest absolute Gasteiger partial charge is 0.399 e. The molecule has 0 unspecified atom stereocenters. The molecule has 7 heteroatoms. The maximum Gasteiger partial charge on any atom is 0.271 e. The van der Waals surface area contributed by atoms with Crippen LogP contribution < -0.4 is 16.4 Å². The van der Waals surface area contributed by atoms with E-state index in [4.69, 9.17) is 23.7 Å². The number of amides is 2. The number of hydrogen-bond donors (Lipinski definition) is 2. The number of thiocarbonyl (C=S) groups is 1. The van der Waals surface area contributed by atoms with Gasteiger partial charge in [0.2, 0.25) is 0 Å². The van der Waals surface area contributed by atoms with Crippen molar-refractivity contribution in [2.45, 2.75) is 6.92 Å². The molecule has 3 rings (SSSR count). The summed E-state index contributed by atoms with van der Waals surface area (Å²) < 4.78 is 0.358. The number of hydrogen-bond acceptors (Lipinski definition) is 5. The van der Waals surface area contributed by atoms with Crippen molar-refractivity contribution in [1.82, 2.24) is 0 Å². The van der Waals surface area contributed by atoms with Crippen LogP contribution in [0.25, 0.3) is 5.57 Å². The highest BCUT2D eigenvalue weighted by molar-refractivity contribution is 8.27. The normalized spacial score (nSPS) is 16.3. The van der Waals surface area contributed by atoms with E-state index in [2.05, 4.69) is 0 Å². The quantitative estimate of drug-likeness (QED) is 0.493. The third kappa shape index (κ3) is 3.16. The third-order valence-corrected chi connectivity index (χ3v) is 5.31. The number of nitrogens with two attached hydrogens (primary N) is 2. The molecule has 4 N–H and O–H groups in total. The van der Waals surface area contributed by atoms with Crippen LogP contribution in [-0.2, 0) is 4.79 Å². The standard InChI is InChI=1S/C18H15N3O2S2/c1-10(11-5-4-6-12(19)9-11)15-17(23)21(18(24)25-15)14-8-3-2-7-13(14)16(20)22/h2-9H,19H2,1H3,(H2,20,22)/b15-10-. The monoisotopic (exact) mass is 369 g/mol. The van der Waals surface area contributed by atoms with Crippen LogP contribution >= 0.6 is 24.0 Å². The van der Waals surface area contributed by atoms with E-state index in [-0.39, 0.29) is 11.5 Å². The van der Waals surface area contributed by atoms with Gasteiger partial charge in [0.05, 0.1) is 16.2 Å². The highest BCUT2D eigenvalue weighted by Gasteiger charge is 2.36. The second-order valence-corrected chi connectivity index (χ2v) is 7.11. The molecule has 2 aromatic rings. The Balaban J connectivity index is 2.07. The predicted molar refractivity (Wildman–Crippen MR) is 106 cm³/mol. The van der Waals surface area contributed by atoms with Crippen LogP contribution in [0.5, 0.6) is 0 Å². The molecule has 0 atom stereocenters. The summed E-state index contributed by atoms with van der Waals surface area (Å²) in [5.41, 5.74) is 14.1. The van der Waals surface area contributed by atoms with Crippen LogP contribution in [0.3, 0.4) is 0 Å². The molecule has 0 spiro atoms. The lowest BCUT2D eigenvalue weighted by atomic mass is 10.1. The lowest BCUT2D eigenvalue weighted by Crippen LogP contribution is -2.30. The van der Waals surface area contributed by atoms with Gasteiger partial charge in [-0.3, -0.25) is 14.5 Å². The van der Waals surface area contributed by atoms with Crippen molar-refractivity contribution in [2.24, 2.45) is 5.73 Å². The summed E-state index contributed by atoms with van der Waals surface area (Å²) in [5, 5.41) is 0. The van der Waals surface area contributed by atoms with E-state index in [1.165, 1.54) is 16.7 Å². The number of thioether (sulfide) groups is 1. The van der Waals surface area contributed by atoms with Gasteiger partial charge >= 0.3 is 0 Å². The molecule has 25 heavy (non-hydrogen) atoms. The molecular weight excluding hydrogens is 354 g/mol. The number of carbonyl (C=O) groups excluding carboxylic acids is 2. The Morgan fingerprint density at radius 2 is 1.88 bits per heavy atom. The van der Waals surface area contributed by atoms with Gasteiger partial charge in [-0.05, 0) is 42.3 Å². The van der Waals surface area contributed by atoms with Crippen LogP contribution in [0, 0.1) is 0 Å². The number of rotatable bonds is 3. The highest BCUT2D eigenvalue weighted by Crippen LogP contribution is 2.40. The van der Waals surface area contributed by atoms with Gasteiger partial charge in [0.1, 0.15) is 0 Å². The Hall–Kier alpha value is -2.64. The van der Waals surface area contributed by atoms with E-state index in [9.17, 15) is 9.59 Å². The third-order valence-electron chi connectivity index (χ3n) is 3.84. The molecule has 0 aromatic heterocycles. The number of allylic oxidation sites excluding steroid dienone is 1. The molecule has 1 fully saturated rings. The first kappa shape index (κ1) is 17.2. The summed E-state index contributed by atoms with van der Waals surface area (Å²) >= 11 is 6.58. The van der Waals surface area contributed by atoms with Crippen LogP contribution in [0.4, 0.5) is 11.4 Å². The Kier molecular flexibility index (Phi) is 4.61. The Morgan fingerprint density at radius 1 is 1.16 bits per heavy atom. The number of anilines is 2. The van der Waals surface area contributed by atoms with Gasteiger partial charge in [-0.1, -0.05) is 48.2 Å². The molecule has 126 valence electrons. The summed E-state index contributed by atoms with van der Waals surface area (Å²) in [6.07, 6.45) is 0. The Labute approximate surface area is 154 Å². The van der Waals surface area contributed by atoms with E-state index in [0.29, 0.717) is 20.6 Å². The zero-order chi connectivity index (χ0) is 18.1. The second kappa shape index (κ2) is 6.70. The van der Waals surface area contributed by atoms with Gasteiger partial charge in [0.15, 0.2) is 4.32 Å². The van der Waals surface area contributed by atoms with Crippen LogP contribution in [-0.4, -0.2) is 16.1 Å². The lowest BCUT2D eigenvalue weighted by molar-refractivity contribution is -0.113. The number of nitrogens with zero attached hydrogens (tertiary/aromatic N) is 1. The van der Waals surface area contributed by atoms with Gasteiger partial charge in [-0.15, -0.1) is 0 Å². The molecule has 0 aliphatic carbocycles. The fourth-order valence-electron chi connectivity index (χ4n) is 2.59. The Bertz CT molecular complexity index is 937. The first-order valence-corrected chi connectivity index (χ1v) is 8.64. The van der Waals surface area contributed by atoms with Gasteiger partial charge in [0.25, 0.3) is 11.8 Å².